The summed E-state index contributed by atoms with van der Waals surface area (Å²) in [7, 11) is 0. The van der Waals surface area contributed by atoms with Gasteiger partial charge in [0.15, 0.2) is 0 Å². The fraction of sp³-hybridized carbons (Fsp3) is 0.375. The second-order valence-electron chi connectivity index (χ2n) is 3.18. The highest BCUT2D eigenvalue weighted by molar-refractivity contribution is 9.10. The zero-order chi connectivity index (χ0) is 10.3. The number of hydrogen-bond acceptors (Lipinski definition) is 2. The first-order chi connectivity index (χ1) is 6.48. The van der Waals surface area contributed by atoms with E-state index in [9.17, 15) is 13.2 Å². The molecule has 1 saturated heterocycles. The molecule has 2 rings (SSSR count). The number of alkyl halides is 2. The Labute approximate surface area is 86.9 Å². The van der Waals surface area contributed by atoms with Crippen LogP contribution in [0.2, 0.25) is 0 Å². The van der Waals surface area contributed by atoms with Gasteiger partial charge in [-0.1, -0.05) is 0 Å². The number of pyridine rings is 1. The van der Waals surface area contributed by atoms with E-state index in [2.05, 4.69) is 20.9 Å². The standard InChI is InChI=1S/C8H6BrF3N2/c9-5-1-6(7(10)13-2-5)14-3-8(11,12)4-14/h1-2H,3-4H2. The highest BCUT2D eigenvalue weighted by Crippen LogP contribution is 2.33. The van der Waals surface area contributed by atoms with Crippen molar-refractivity contribution in [1.82, 2.24) is 4.98 Å². The van der Waals surface area contributed by atoms with Gasteiger partial charge >= 0.3 is 0 Å². The lowest BCUT2D eigenvalue weighted by Crippen LogP contribution is -2.56. The van der Waals surface area contributed by atoms with Gasteiger partial charge in [0.1, 0.15) is 0 Å². The lowest BCUT2D eigenvalue weighted by molar-refractivity contribution is -0.0266. The van der Waals surface area contributed by atoms with Gasteiger partial charge in [-0.15, -0.1) is 0 Å². The van der Waals surface area contributed by atoms with Crippen molar-refractivity contribution in [3.8, 4) is 0 Å². The predicted octanol–water partition coefficient (Wildman–Crippen LogP) is 2.44. The SMILES string of the molecule is Fc1ncc(Br)cc1N1CC(F)(F)C1. The molecule has 0 amide bonds. The van der Waals surface area contributed by atoms with Crippen molar-refractivity contribution in [2.75, 3.05) is 18.0 Å². The third kappa shape index (κ3) is 1.70. The van der Waals surface area contributed by atoms with Crippen LogP contribution in [-0.4, -0.2) is 24.0 Å². The first-order valence-electron chi connectivity index (χ1n) is 3.92. The van der Waals surface area contributed by atoms with Crippen LogP contribution in [0.5, 0.6) is 0 Å². The summed E-state index contributed by atoms with van der Waals surface area (Å²) in [5.41, 5.74) is 0.116. The Kier molecular flexibility index (Phi) is 2.17. The number of aromatic nitrogens is 1. The van der Waals surface area contributed by atoms with E-state index in [1.54, 1.807) is 0 Å². The first kappa shape index (κ1) is 9.76. The molecule has 1 fully saturated rings. The fourth-order valence-corrected chi connectivity index (χ4v) is 1.64. The minimum atomic E-state index is -2.70. The Bertz CT molecular complexity index is 362. The van der Waals surface area contributed by atoms with Gasteiger partial charge in [0.05, 0.1) is 18.8 Å². The summed E-state index contributed by atoms with van der Waals surface area (Å²) in [5.74, 6) is -3.42. The first-order valence-corrected chi connectivity index (χ1v) is 4.71. The third-order valence-electron chi connectivity index (χ3n) is 1.97. The second-order valence-corrected chi connectivity index (χ2v) is 4.09. The van der Waals surface area contributed by atoms with Crippen molar-refractivity contribution in [3.05, 3.63) is 22.7 Å². The van der Waals surface area contributed by atoms with Gasteiger partial charge in [-0.3, -0.25) is 0 Å². The molecule has 0 radical (unpaired) electrons. The van der Waals surface area contributed by atoms with Gasteiger partial charge in [-0.2, -0.15) is 4.39 Å². The molecular weight excluding hydrogens is 261 g/mol. The molecule has 76 valence electrons. The van der Waals surface area contributed by atoms with Crippen LogP contribution in [0, 0.1) is 5.95 Å². The van der Waals surface area contributed by atoms with E-state index in [1.807, 2.05) is 0 Å². The zero-order valence-corrected chi connectivity index (χ0v) is 8.56. The quantitative estimate of drug-likeness (QED) is 0.726. The summed E-state index contributed by atoms with van der Waals surface area (Å²) in [4.78, 5) is 4.69. The van der Waals surface area contributed by atoms with E-state index >= 15 is 0 Å². The van der Waals surface area contributed by atoms with Crippen LogP contribution in [0.15, 0.2) is 16.7 Å². The maximum Gasteiger partial charge on any atom is 0.282 e. The molecule has 0 bridgehead atoms. The van der Waals surface area contributed by atoms with Crippen molar-refractivity contribution in [2.24, 2.45) is 0 Å². The molecule has 1 aliphatic rings. The van der Waals surface area contributed by atoms with E-state index in [-0.39, 0.29) is 5.69 Å². The molecule has 0 saturated carbocycles. The molecule has 0 aromatic carbocycles. The van der Waals surface area contributed by atoms with Crippen LogP contribution in [-0.2, 0) is 0 Å². The zero-order valence-electron chi connectivity index (χ0n) is 6.98. The van der Waals surface area contributed by atoms with Gasteiger partial charge in [0, 0.05) is 10.7 Å². The number of halogens is 4. The van der Waals surface area contributed by atoms with Crippen molar-refractivity contribution in [1.29, 1.82) is 0 Å². The average molecular weight is 267 g/mol. The van der Waals surface area contributed by atoms with E-state index in [0.29, 0.717) is 4.47 Å². The van der Waals surface area contributed by atoms with Crippen molar-refractivity contribution < 1.29 is 13.2 Å². The van der Waals surface area contributed by atoms with Gasteiger partial charge in [0.2, 0.25) is 5.95 Å². The van der Waals surface area contributed by atoms with Crippen LogP contribution >= 0.6 is 15.9 Å². The molecule has 0 unspecified atom stereocenters. The summed E-state index contributed by atoms with van der Waals surface area (Å²) in [5, 5.41) is 0. The summed E-state index contributed by atoms with van der Waals surface area (Å²) in [6, 6.07) is 1.44. The second kappa shape index (κ2) is 3.12. The molecule has 0 aliphatic carbocycles. The fourth-order valence-electron chi connectivity index (χ4n) is 1.32. The molecule has 0 spiro atoms. The molecular formula is C8H6BrF3N2. The average Bonchev–Trinajstić information content (AvgIpc) is 2.05. The number of anilines is 1. The Morgan fingerprint density at radius 2 is 2.07 bits per heavy atom. The minimum absolute atomic E-state index is 0.116. The molecule has 14 heavy (non-hydrogen) atoms. The Morgan fingerprint density at radius 3 is 2.64 bits per heavy atom. The Hall–Kier alpha value is -0.780. The van der Waals surface area contributed by atoms with Crippen molar-refractivity contribution in [3.63, 3.8) is 0 Å². The third-order valence-corrected chi connectivity index (χ3v) is 2.41. The molecule has 2 nitrogen and oxygen atoms in total. The van der Waals surface area contributed by atoms with E-state index in [0.717, 1.165) is 0 Å². The number of rotatable bonds is 1. The Morgan fingerprint density at radius 1 is 1.43 bits per heavy atom. The van der Waals surface area contributed by atoms with Gasteiger partial charge < -0.3 is 4.90 Å². The van der Waals surface area contributed by atoms with Gasteiger partial charge in [-0.25, -0.2) is 13.8 Å². The molecule has 2 heterocycles. The van der Waals surface area contributed by atoms with Crippen molar-refractivity contribution in [2.45, 2.75) is 5.92 Å². The molecule has 0 atom stereocenters. The number of nitrogens with zero attached hydrogens (tertiary/aromatic N) is 2. The van der Waals surface area contributed by atoms with Gasteiger partial charge in [0.25, 0.3) is 5.92 Å². The molecule has 0 N–H and O–H groups in total. The lowest BCUT2D eigenvalue weighted by atomic mass is 10.1. The summed E-state index contributed by atoms with van der Waals surface area (Å²) in [6.07, 6.45) is 1.29. The maximum absolute atomic E-state index is 13.1. The van der Waals surface area contributed by atoms with Crippen LogP contribution in [0.4, 0.5) is 18.9 Å². The van der Waals surface area contributed by atoms with Crippen LogP contribution in [0.1, 0.15) is 0 Å². The van der Waals surface area contributed by atoms with E-state index < -0.39 is 25.0 Å². The largest absolute Gasteiger partial charge is 0.356 e. The smallest absolute Gasteiger partial charge is 0.282 e. The molecule has 1 aromatic heterocycles. The maximum atomic E-state index is 13.1. The van der Waals surface area contributed by atoms with E-state index in [4.69, 9.17) is 0 Å². The molecule has 6 heteroatoms. The van der Waals surface area contributed by atoms with Crippen LogP contribution in [0.3, 0.4) is 0 Å². The normalized spacial score (nSPS) is 19.3. The highest BCUT2D eigenvalue weighted by Gasteiger charge is 2.44. The summed E-state index contributed by atoms with van der Waals surface area (Å²) in [6.45, 7) is -0.885. The molecule has 1 aliphatic heterocycles. The lowest BCUT2D eigenvalue weighted by Gasteiger charge is -2.40. The number of hydrogen-bond donors (Lipinski definition) is 0. The highest BCUT2D eigenvalue weighted by atomic mass is 79.9. The molecule has 1 aromatic rings. The predicted molar refractivity (Wildman–Crippen MR) is 49.1 cm³/mol. The summed E-state index contributed by atoms with van der Waals surface area (Å²) >= 11 is 3.10. The van der Waals surface area contributed by atoms with Crippen molar-refractivity contribution >= 4 is 21.6 Å². The van der Waals surface area contributed by atoms with Gasteiger partial charge in [-0.05, 0) is 22.0 Å². The topological polar surface area (TPSA) is 16.1 Å². The van der Waals surface area contributed by atoms with Crippen LogP contribution < -0.4 is 4.90 Å². The monoisotopic (exact) mass is 266 g/mol. The van der Waals surface area contributed by atoms with E-state index in [1.165, 1.54) is 17.2 Å². The van der Waals surface area contributed by atoms with Crippen LogP contribution in [0.25, 0.3) is 0 Å². The Balaban J connectivity index is 2.22. The minimum Gasteiger partial charge on any atom is -0.356 e. The summed E-state index contributed by atoms with van der Waals surface area (Å²) < 4.78 is 38.7.